The molecule has 15 heteroatoms. The van der Waals surface area contributed by atoms with E-state index in [-0.39, 0.29) is 35.8 Å². The quantitative estimate of drug-likeness (QED) is 0.244. The van der Waals surface area contributed by atoms with Crippen LogP contribution in [0.4, 0.5) is 20.4 Å². The number of nitrogens with one attached hydrogen (secondary N) is 1. The number of carbonyl (C=O) groups is 4. The molecule has 2 aromatic carbocycles. The van der Waals surface area contributed by atoms with Gasteiger partial charge in [0, 0.05) is 45.7 Å². The van der Waals surface area contributed by atoms with E-state index < -0.39 is 35.5 Å². The zero-order chi connectivity index (χ0) is 37.1. The number of halogens is 2. The Labute approximate surface area is 308 Å². The van der Waals surface area contributed by atoms with Crippen molar-refractivity contribution in [3.05, 3.63) is 107 Å². The first-order valence-corrected chi connectivity index (χ1v) is 18.1. The molecule has 4 aliphatic rings. The Morgan fingerprint density at radius 1 is 0.815 bits per heavy atom. The van der Waals surface area contributed by atoms with Crippen LogP contribution in [0, 0.1) is 11.6 Å². The lowest BCUT2D eigenvalue weighted by molar-refractivity contribution is -0.136. The molecule has 13 nitrogen and oxygen atoms in total. The molecule has 0 bridgehead atoms. The summed E-state index contributed by atoms with van der Waals surface area (Å²) in [5.41, 5.74) is 3.21. The van der Waals surface area contributed by atoms with Crippen molar-refractivity contribution in [3.63, 3.8) is 0 Å². The van der Waals surface area contributed by atoms with Gasteiger partial charge in [0.2, 0.25) is 11.8 Å². The summed E-state index contributed by atoms with van der Waals surface area (Å²) in [7, 11) is 0. The Hall–Kier alpha value is -6.09. The van der Waals surface area contributed by atoms with E-state index in [1.54, 1.807) is 22.8 Å². The van der Waals surface area contributed by atoms with Crippen molar-refractivity contribution >= 4 is 40.9 Å². The number of nitrogens with zero attached hydrogens (tertiary/aromatic N) is 8. The molecule has 1 N–H and O–H groups in total. The van der Waals surface area contributed by atoms with E-state index in [0.29, 0.717) is 43.9 Å². The molecular formula is C39H35F2N9O4. The maximum Gasteiger partial charge on any atom is 0.265 e. The third-order valence-electron chi connectivity index (χ3n) is 10.8. The summed E-state index contributed by atoms with van der Waals surface area (Å²) >= 11 is 0. The van der Waals surface area contributed by atoms with Crippen LogP contribution in [0.1, 0.15) is 63.6 Å². The second-order valence-electron chi connectivity index (χ2n) is 14.1. The number of imide groups is 2. The lowest BCUT2D eigenvalue weighted by Crippen LogP contribution is -2.54. The molecule has 3 fully saturated rings. The van der Waals surface area contributed by atoms with Crippen molar-refractivity contribution in [2.45, 2.75) is 44.3 Å². The molecule has 0 radical (unpaired) electrons. The number of fused-ring (bicyclic) bond motifs is 2. The van der Waals surface area contributed by atoms with Crippen LogP contribution in [0.5, 0.6) is 0 Å². The summed E-state index contributed by atoms with van der Waals surface area (Å²) in [5, 5.41) is 7.14. The summed E-state index contributed by atoms with van der Waals surface area (Å²) in [6.45, 7) is 3.75. The molecule has 4 aliphatic heterocycles. The second-order valence-corrected chi connectivity index (χ2v) is 14.1. The Bertz CT molecular complexity index is 2360. The molecule has 3 aromatic heterocycles. The highest BCUT2D eigenvalue weighted by Crippen LogP contribution is 2.36. The van der Waals surface area contributed by atoms with Gasteiger partial charge in [-0.25, -0.2) is 23.3 Å². The Kier molecular flexibility index (Phi) is 8.37. The fourth-order valence-electron chi connectivity index (χ4n) is 8.12. The molecule has 0 aliphatic carbocycles. The lowest BCUT2D eigenvalue weighted by Gasteiger charge is -2.35. The smallest absolute Gasteiger partial charge is 0.265 e. The van der Waals surface area contributed by atoms with Crippen LogP contribution < -0.4 is 15.1 Å². The molecule has 274 valence electrons. The average Bonchev–Trinajstić information content (AvgIpc) is 3.89. The number of amides is 4. The molecule has 5 aromatic rings. The zero-order valence-corrected chi connectivity index (χ0v) is 29.1. The molecule has 4 amide bonds. The molecule has 3 saturated heterocycles. The lowest BCUT2D eigenvalue weighted by atomic mass is 10.0. The number of carbonyl (C=O) groups excluding carboxylic acids is 4. The topological polar surface area (TPSA) is 136 Å². The van der Waals surface area contributed by atoms with E-state index in [1.165, 1.54) is 18.2 Å². The number of imidazole rings is 1. The molecule has 9 rings (SSSR count). The number of rotatable bonds is 7. The summed E-state index contributed by atoms with van der Waals surface area (Å²) in [6, 6.07) is 18.2. The number of benzene rings is 2. The van der Waals surface area contributed by atoms with Gasteiger partial charge in [-0.1, -0.05) is 18.2 Å². The van der Waals surface area contributed by atoms with E-state index in [2.05, 4.69) is 25.0 Å². The average molecular weight is 732 g/mol. The standard InChI is InChI=1S/C39H35F2N9O4/c40-25-5-1-4-24(20-25)29-7-3-13-48(29)34-11-10-32-42-21-31(50(32)45-34)28-6-2-8-33(43-28)47-16-14-46(15-17-47)22-23-18-26-36(27(41)19-23)39(54)49(38(26)53)30-9-12-35(51)44-37(30)52/h1-2,4-6,8,10-11,18-21,29-30H,3,7,9,12-17,22H2,(H,44,51,52). The van der Waals surface area contributed by atoms with Gasteiger partial charge in [-0.15, -0.1) is 5.10 Å². The molecule has 2 unspecified atom stereocenters. The van der Waals surface area contributed by atoms with Crippen molar-refractivity contribution in [1.82, 2.24) is 34.7 Å². The minimum Gasteiger partial charge on any atom is -0.354 e. The second kappa shape index (κ2) is 13.4. The van der Waals surface area contributed by atoms with Gasteiger partial charge in [0.05, 0.1) is 29.1 Å². The third kappa shape index (κ3) is 5.93. The van der Waals surface area contributed by atoms with Crippen molar-refractivity contribution in [2.75, 3.05) is 42.5 Å². The van der Waals surface area contributed by atoms with Gasteiger partial charge in [0.25, 0.3) is 11.8 Å². The highest BCUT2D eigenvalue weighted by molar-refractivity contribution is 6.23. The zero-order valence-electron chi connectivity index (χ0n) is 29.1. The maximum absolute atomic E-state index is 15.4. The Morgan fingerprint density at radius 2 is 1.65 bits per heavy atom. The first-order valence-electron chi connectivity index (χ1n) is 18.1. The molecule has 54 heavy (non-hydrogen) atoms. The van der Waals surface area contributed by atoms with E-state index >= 15 is 4.39 Å². The molecular weight excluding hydrogens is 696 g/mol. The van der Waals surface area contributed by atoms with Gasteiger partial charge in [-0.3, -0.25) is 34.3 Å². The van der Waals surface area contributed by atoms with Gasteiger partial charge in [0.15, 0.2) is 5.65 Å². The van der Waals surface area contributed by atoms with Crippen LogP contribution in [0.15, 0.2) is 72.9 Å². The first kappa shape index (κ1) is 33.7. The van der Waals surface area contributed by atoms with E-state index in [4.69, 9.17) is 10.1 Å². The summed E-state index contributed by atoms with van der Waals surface area (Å²) in [6.07, 6.45) is 3.64. The summed E-state index contributed by atoms with van der Waals surface area (Å²) in [5.74, 6) is -2.29. The normalized spacial score (nSPS) is 20.7. The van der Waals surface area contributed by atoms with Gasteiger partial charge in [-0.2, -0.15) is 0 Å². The van der Waals surface area contributed by atoms with Crippen molar-refractivity contribution < 1.29 is 28.0 Å². The van der Waals surface area contributed by atoms with Crippen LogP contribution in [0.3, 0.4) is 0 Å². The van der Waals surface area contributed by atoms with Gasteiger partial charge in [-0.05, 0) is 78.9 Å². The summed E-state index contributed by atoms with van der Waals surface area (Å²) in [4.78, 5) is 67.3. The minimum absolute atomic E-state index is 0.00193. The first-order chi connectivity index (χ1) is 26.2. The highest BCUT2D eigenvalue weighted by Gasteiger charge is 2.46. The van der Waals surface area contributed by atoms with Crippen LogP contribution in [0.2, 0.25) is 0 Å². The fourth-order valence-corrected chi connectivity index (χ4v) is 8.12. The number of piperidine rings is 1. The Morgan fingerprint density at radius 3 is 2.46 bits per heavy atom. The van der Waals surface area contributed by atoms with Gasteiger partial charge >= 0.3 is 0 Å². The number of hydrogen-bond acceptors (Lipinski definition) is 10. The van der Waals surface area contributed by atoms with Gasteiger partial charge in [0.1, 0.15) is 35.0 Å². The molecule has 0 saturated carbocycles. The van der Waals surface area contributed by atoms with Crippen LogP contribution in [-0.4, -0.2) is 91.8 Å². The van der Waals surface area contributed by atoms with E-state index in [9.17, 15) is 23.6 Å². The van der Waals surface area contributed by atoms with E-state index in [1.807, 2.05) is 36.4 Å². The van der Waals surface area contributed by atoms with Crippen LogP contribution in [-0.2, 0) is 16.1 Å². The minimum atomic E-state index is -1.16. The number of anilines is 2. The number of aromatic nitrogens is 4. The van der Waals surface area contributed by atoms with Crippen molar-refractivity contribution in [1.29, 1.82) is 0 Å². The number of pyridine rings is 1. The number of piperazine rings is 1. The predicted octanol–water partition coefficient (Wildman–Crippen LogP) is 4.13. The SMILES string of the molecule is O=C1CCC(N2C(=O)c3cc(CN4CCN(c5cccc(-c6cnc7ccc(N8CCCC8c8cccc(F)c8)nn67)n5)CC4)cc(F)c3C2=O)C(=O)N1. The fraction of sp³-hybridized carbons (Fsp3) is 0.308. The van der Waals surface area contributed by atoms with Crippen LogP contribution in [0.25, 0.3) is 17.0 Å². The third-order valence-corrected chi connectivity index (χ3v) is 10.8. The summed E-state index contributed by atoms with van der Waals surface area (Å²) < 4.78 is 31.2. The van der Waals surface area contributed by atoms with Crippen molar-refractivity contribution in [3.8, 4) is 11.4 Å². The van der Waals surface area contributed by atoms with Crippen LogP contribution >= 0.6 is 0 Å². The van der Waals surface area contributed by atoms with E-state index in [0.717, 1.165) is 52.9 Å². The molecule has 7 heterocycles. The van der Waals surface area contributed by atoms with Gasteiger partial charge < -0.3 is 9.80 Å². The monoisotopic (exact) mass is 731 g/mol. The highest BCUT2D eigenvalue weighted by atomic mass is 19.1. The number of hydrogen-bond donors (Lipinski definition) is 1. The predicted molar refractivity (Wildman–Crippen MR) is 193 cm³/mol. The molecule has 0 spiro atoms. The Balaban J connectivity index is 0.883. The largest absolute Gasteiger partial charge is 0.354 e. The molecule has 2 atom stereocenters. The van der Waals surface area contributed by atoms with Crippen molar-refractivity contribution in [2.24, 2.45) is 0 Å². The maximum atomic E-state index is 15.4.